The van der Waals surface area contributed by atoms with Gasteiger partial charge in [0.15, 0.2) is 5.82 Å². The van der Waals surface area contributed by atoms with Crippen LogP contribution in [0.5, 0.6) is 0 Å². The Morgan fingerprint density at radius 2 is 1.74 bits per heavy atom. The van der Waals surface area contributed by atoms with Gasteiger partial charge in [0, 0.05) is 34.6 Å². The zero-order valence-electron chi connectivity index (χ0n) is 14.1. The second-order valence-corrected chi connectivity index (χ2v) is 7.06. The Hall–Kier alpha value is -2.71. The van der Waals surface area contributed by atoms with Crippen LogP contribution in [0.4, 0.5) is 5.82 Å². The number of aromatic nitrogens is 6. The second kappa shape index (κ2) is 7.50. The third kappa shape index (κ3) is 3.58. The molecule has 1 aromatic carbocycles. The van der Waals surface area contributed by atoms with Crippen LogP contribution >= 0.6 is 27.5 Å². The molecule has 0 amide bonds. The first-order valence-corrected chi connectivity index (χ1v) is 9.25. The lowest BCUT2D eigenvalue weighted by atomic mass is 10.1. The number of nitrogens with one attached hydrogen (secondary N) is 1. The van der Waals surface area contributed by atoms with E-state index in [1.165, 1.54) is 6.33 Å². The highest BCUT2D eigenvalue weighted by Gasteiger charge is 2.18. The van der Waals surface area contributed by atoms with E-state index in [1.54, 1.807) is 36.9 Å². The molecule has 3 aromatic heterocycles. The van der Waals surface area contributed by atoms with Gasteiger partial charge in [-0.1, -0.05) is 27.5 Å². The Morgan fingerprint density at radius 1 is 0.963 bits per heavy atom. The van der Waals surface area contributed by atoms with E-state index in [0.717, 1.165) is 15.6 Å². The van der Waals surface area contributed by atoms with Gasteiger partial charge in [-0.05, 0) is 25.1 Å². The number of fused-ring (bicyclic) bond motifs is 1. The molecule has 3 heterocycles. The molecule has 0 saturated heterocycles. The number of hydrogen-bond donors (Lipinski definition) is 1. The Balaban J connectivity index is 1.74. The largest absolute Gasteiger partial charge is 0.361 e. The van der Waals surface area contributed by atoms with E-state index < -0.39 is 0 Å². The topological polar surface area (TPSA) is 89.4 Å². The number of anilines is 1. The summed E-state index contributed by atoms with van der Waals surface area (Å²) in [7, 11) is 0. The average Bonchev–Trinajstić information content (AvgIpc) is 2.69. The van der Waals surface area contributed by atoms with E-state index in [1.807, 2.05) is 13.0 Å². The summed E-state index contributed by atoms with van der Waals surface area (Å²) in [6.45, 7) is 1.98. The molecule has 0 radical (unpaired) electrons. The van der Waals surface area contributed by atoms with Crippen molar-refractivity contribution in [2.45, 2.75) is 13.0 Å². The number of rotatable bonds is 4. The lowest BCUT2D eigenvalue weighted by molar-refractivity contribution is 0.822. The van der Waals surface area contributed by atoms with E-state index in [2.05, 4.69) is 51.2 Å². The SMILES string of the molecule is CC(Nc1ncnc2c(Cl)cc(Br)cc12)c1nccnc1-c1ncccn1. The summed E-state index contributed by atoms with van der Waals surface area (Å²) in [6.07, 6.45) is 8.10. The first-order valence-electron chi connectivity index (χ1n) is 8.08. The first-order chi connectivity index (χ1) is 13.1. The van der Waals surface area contributed by atoms with E-state index in [-0.39, 0.29) is 6.04 Å². The summed E-state index contributed by atoms with van der Waals surface area (Å²) in [6, 6.07) is 5.29. The van der Waals surface area contributed by atoms with Gasteiger partial charge in [-0.2, -0.15) is 0 Å². The van der Waals surface area contributed by atoms with E-state index in [9.17, 15) is 0 Å². The normalized spacial score (nSPS) is 12.1. The number of halogens is 2. The van der Waals surface area contributed by atoms with Crippen molar-refractivity contribution >= 4 is 44.3 Å². The Bertz CT molecular complexity index is 1110. The van der Waals surface area contributed by atoms with Gasteiger partial charge in [-0.25, -0.2) is 24.9 Å². The Morgan fingerprint density at radius 3 is 2.56 bits per heavy atom. The smallest absolute Gasteiger partial charge is 0.180 e. The summed E-state index contributed by atoms with van der Waals surface area (Å²) in [5.41, 5.74) is 2.02. The van der Waals surface area contributed by atoms with Crippen molar-refractivity contribution in [3.8, 4) is 11.5 Å². The molecule has 0 spiro atoms. The standard InChI is InChI=1S/C18H13BrClN7/c1-10(14-16(22-6-5-21-14)18-23-3-2-4-24-18)27-17-12-7-11(19)8-13(20)15(12)25-9-26-17/h2-10H,1H3,(H,25,26,27). The summed E-state index contributed by atoms with van der Waals surface area (Å²) in [5.74, 6) is 1.17. The van der Waals surface area contributed by atoms with Crippen molar-refractivity contribution < 1.29 is 0 Å². The van der Waals surface area contributed by atoms with Gasteiger partial charge in [0.05, 0.1) is 22.3 Å². The summed E-state index contributed by atoms with van der Waals surface area (Å²) >= 11 is 9.77. The van der Waals surface area contributed by atoms with Crippen molar-refractivity contribution in [2.24, 2.45) is 0 Å². The molecule has 0 bridgehead atoms. The molecular weight excluding hydrogens is 430 g/mol. The van der Waals surface area contributed by atoms with Crippen LogP contribution in [0.15, 0.2) is 53.8 Å². The molecule has 1 unspecified atom stereocenters. The van der Waals surface area contributed by atoms with Gasteiger partial charge in [-0.15, -0.1) is 0 Å². The number of benzene rings is 1. The van der Waals surface area contributed by atoms with Gasteiger partial charge >= 0.3 is 0 Å². The molecule has 134 valence electrons. The van der Waals surface area contributed by atoms with E-state index >= 15 is 0 Å². The van der Waals surface area contributed by atoms with Gasteiger partial charge in [0.2, 0.25) is 0 Å². The van der Waals surface area contributed by atoms with Crippen LogP contribution in [0.1, 0.15) is 18.7 Å². The highest BCUT2D eigenvalue weighted by atomic mass is 79.9. The molecule has 9 heteroatoms. The molecule has 4 aromatic rings. The van der Waals surface area contributed by atoms with Gasteiger partial charge in [-0.3, -0.25) is 4.98 Å². The monoisotopic (exact) mass is 441 g/mol. The van der Waals surface area contributed by atoms with Crippen molar-refractivity contribution in [3.63, 3.8) is 0 Å². The summed E-state index contributed by atoms with van der Waals surface area (Å²) in [5, 5.41) is 4.74. The minimum Gasteiger partial charge on any atom is -0.361 e. The number of hydrogen-bond acceptors (Lipinski definition) is 7. The van der Waals surface area contributed by atoms with E-state index in [4.69, 9.17) is 11.6 Å². The van der Waals surface area contributed by atoms with Crippen molar-refractivity contribution in [3.05, 3.63) is 64.5 Å². The minimum atomic E-state index is -0.201. The van der Waals surface area contributed by atoms with Crippen molar-refractivity contribution in [2.75, 3.05) is 5.32 Å². The molecular formula is C18H13BrClN7. The maximum atomic E-state index is 6.31. The van der Waals surface area contributed by atoms with Gasteiger partial charge < -0.3 is 5.32 Å². The third-order valence-electron chi connectivity index (χ3n) is 3.92. The van der Waals surface area contributed by atoms with Gasteiger partial charge in [0.25, 0.3) is 0 Å². The fourth-order valence-corrected chi connectivity index (χ4v) is 3.60. The van der Waals surface area contributed by atoms with Crippen molar-refractivity contribution in [1.29, 1.82) is 0 Å². The summed E-state index contributed by atoms with van der Waals surface area (Å²) in [4.78, 5) is 26.1. The molecule has 0 fully saturated rings. The molecule has 4 rings (SSSR count). The van der Waals surface area contributed by atoms with Crippen LogP contribution in [0.3, 0.4) is 0 Å². The molecule has 0 aliphatic heterocycles. The van der Waals surface area contributed by atoms with Crippen LogP contribution in [-0.2, 0) is 0 Å². The predicted molar refractivity (Wildman–Crippen MR) is 107 cm³/mol. The van der Waals surface area contributed by atoms with Crippen LogP contribution in [0.2, 0.25) is 5.02 Å². The quantitative estimate of drug-likeness (QED) is 0.499. The van der Waals surface area contributed by atoms with Crippen LogP contribution < -0.4 is 5.32 Å². The average molecular weight is 443 g/mol. The molecule has 0 aliphatic carbocycles. The predicted octanol–water partition coefficient (Wildman–Crippen LogP) is 4.47. The number of nitrogens with zero attached hydrogens (tertiary/aromatic N) is 6. The Labute approximate surface area is 168 Å². The molecule has 7 nitrogen and oxygen atoms in total. The molecule has 0 saturated carbocycles. The fourth-order valence-electron chi connectivity index (χ4n) is 2.74. The maximum absolute atomic E-state index is 6.31. The minimum absolute atomic E-state index is 0.201. The van der Waals surface area contributed by atoms with Crippen LogP contribution in [0.25, 0.3) is 22.4 Å². The van der Waals surface area contributed by atoms with Crippen LogP contribution in [-0.4, -0.2) is 29.9 Å². The van der Waals surface area contributed by atoms with Crippen molar-refractivity contribution in [1.82, 2.24) is 29.9 Å². The lowest BCUT2D eigenvalue weighted by Crippen LogP contribution is -2.13. The molecule has 0 aliphatic rings. The lowest BCUT2D eigenvalue weighted by Gasteiger charge is -2.17. The Kier molecular flexibility index (Phi) is 4.91. The fraction of sp³-hybridized carbons (Fsp3) is 0.111. The molecule has 1 N–H and O–H groups in total. The summed E-state index contributed by atoms with van der Waals surface area (Å²) < 4.78 is 0.850. The molecule has 1 atom stereocenters. The third-order valence-corrected chi connectivity index (χ3v) is 4.67. The first kappa shape index (κ1) is 17.7. The second-order valence-electron chi connectivity index (χ2n) is 5.73. The van der Waals surface area contributed by atoms with Gasteiger partial charge in [0.1, 0.15) is 17.8 Å². The van der Waals surface area contributed by atoms with Crippen LogP contribution in [0, 0.1) is 0 Å². The zero-order chi connectivity index (χ0) is 18.8. The highest BCUT2D eigenvalue weighted by molar-refractivity contribution is 9.10. The maximum Gasteiger partial charge on any atom is 0.180 e. The highest BCUT2D eigenvalue weighted by Crippen LogP contribution is 2.32. The zero-order valence-corrected chi connectivity index (χ0v) is 16.5. The van der Waals surface area contributed by atoms with E-state index in [0.29, 0.717) is 27.9 Å². The molecule has 27 heavy (non-hydrogen) atoms.